The Balaban J connectivity index is 1.38. The van der Waals surface area contributed by atoms with Crippen molar-refractivity contribution in [3.8, 4) is 23.0 Å². The van der Waals surface area contributed by atoms with Crippen LogP contribution in [0.2, 0.25) is 0 Å². The molecule has 1 fully saturated rings. The number of piperazine rings is 1. The second kappa shape index (κ2) is 16.5. The van der Waals surface area contributed by atoms with Gasteiger partial charge in [-0.3, -0.25) is 19.8 Å². The largest absolute Gasteiger partial charge is 0.490 e. The molecule has 1 unspecified atom stereocenters. The molecule has 276 valence electrons. The number of amides is 1. The first-order valence-electron chi connectivity index (χ1n) is 17.4. The summed E-state index contributed by atoms with van der Waals surface area (Å²) in [5, 5.41) is 11.7. The van der Waals surface area contributed by atoms with Crippen molar-refractivity contribution in [2.24, 2.45) is 0 Å². The summed E-state index contributed by atoms with van der Waals surface area (Å²) in [4.78, 5) is 30.7. The first kappa shape index (κ1) is 37.5. The number of hydrogen-bond acceptors (Lipinski definition) is 9. The molecule has 0 radical (unpaired) electrons. The van der Waals surface area contributed by atoms with Crippen LogP contribution < -0.4 is 23.8 Å². The summed E-state index contributed by atoms with van der Waals surface area (Å²) >= 11 is 0. The molecule has 3 aromatic carbocycles. The Hall–Kier alpha value is -4.72. The van der Waals surface area contributed by atoms with E-state index < -0.39 is 22.4 Å². The van der Waals surface area contributed by atoms with Gasteiger partial charge in [0.25, 0.3) is 5.69 Å². The Morgan fingerprint density at radius 3 is 2.02 bits per heavy atom. The zero-order valence-electron chi connectivity index (χ0n) is 29.5. The van der Waals surface area contributed by atoms with Crippen molar-refractivity contribution in [2.75, 3.05) is 70.6 Å². The van der Waals surface area contributed by atoms with Crippen molar-refractivity contribution in [3.63, 3.8) is 0 Å². The third-order valence-corrected chi connectivity index (χ3v) is 9.09. The average Bonchev–Trinajstić information content (AvgIpc) is 3.10. The molecule has 14 heteroatoms. The smallest absolute Gasteiger partial charge is 0.416 e. The van der Waals surface area contributed by atoms with Gasteiger partial charge in [0, 0.05) is 38.8 Å². The van der Waals surface area contributed by atoms with Gasteiger partial charge in [-0.1, -0.05) is 6.07 Å². The number of fused-ring (bicyclic) bond motifs is 1. The number of nitrogens with zero attached hydrogens (tertiary/aromatic N) is 4. The van der Waals surface area contributed by atoms with E-state index in [1.165, 1.54) is 0 Å². The van der Waals surface area contributed by atoms with Crippen molar-refractivity contribution in [1.82, 2.24) is 9.80 Å². The number of anilines is 1. The van der Waals surface area contributed by atoms with Gasteiger partial charge in [-0.2, -0.15) is 13.2 Å². The number of carbonyl (C=O) groups excluding carboxylic acids is 1. The minimum absolute atomic E-state index is 0.0672. The van der Waals surface area contributed by atoms with Crippen LogP contribution in [0.1, 0.15) is 56.0 Å². The number of benzene rings is 3. The van der Waals surface area contributed by atoms with Crippen molar-refractivity contribution >= 4 is 17.3 Å². The van der Waals surface area contributed by atoms with Crippen LogP contribution in [0.4, 0.5) is 24.5 Å². The quantitative estimate of drug-likeness (QED) is 0.133. The predicted molar refractivity (Wildman–Crippen MR) is 186 cm³/mol. The zero-order chi connectivity index (χ0) is 36.7. The maximum atomic E-state index is 14.2. The van der Waals surface area contributed by atoms with E-state index in [-0.39, 0.29) is 24.2 Å². The van der Waals surface area contributed by atoms with E-state index in [0.29, 0.717) is 101 Å². The molecule has 0 saturated carbocycles. The van der Waals surface area contributed by atoms with Gasteiger partial charge in [-0.25, -0.2) is 0 Å². The van der Waals surface area contributed by atoms with Crippen molar-refractivity contribution in [2.45, 2.75) is 52.8 Å². The topological polar surface area (TPSA) is 107 Å². The maximum absolute atomic E-state index is 14.2. The van der Waals surface area contributed by atoms with Gasteiger partial charge >= 0.3 is 6.18 Å². The molecule has 0 bridgehead atoms. The van der Waals surface area contributed by atoms with Gasteiger partial charge in [0.05, 0.1) is 49.5 Å². The summed E-state index contributed by atoms with van der Waals surface area (Å²) in [7, 11) is 0. The van der Waals surface area contributed by atoms with Gasteiger partial charge in [-0.15, -0.1) is 0 Å². The van der Waals surface area contributed by atoms with Gasteiger partial charge in [0.1, 0.15) is 5.69 Å². The number of nitro groups is 1. The normalized spacial score (nSPS) is 16.4. The molecule has 2 aliphatic heterocycles. The molecule has 51 heavy (non-hydrogen) atoms. The van der Waals surface area contributed by atoms with Gasteiger partial charge in [-0.05, 0) is 93.6 Å². The van der Waals surface area contributed by atoms with Crippen LogP contribution >= 0.6 is 0 Å². The van der Waals surface area contributed by atoms with Crippen LogP contribution in [0.5, 0.6) is 23.0 Å². The minimum Gasteiger partial charge on any atom is -0.490 e. The lowest BCUT2D eigenvalue weighted by Gasteiger charge is -2.40. The molecule has 0 aromatic heterocycles. The second-order valence-corrected chi connectivity index (χ2v) is 12.3. The van der Waals surface area contributed by atoms with Crippen LogP contribution in [0.3, 0.4) is 0 Å². The highest BCUT2D eigenvalue weighted by molar-refractivity contribution is 5.79. The molecule has 1 saturated heterocycles. The number of carbonyl (C=O) groups is 1. The number of rotatable bonds is 14. The molecule has 3 aromatic rings. The van der Waals surface area contributed by atoms with Gasteiger partial charge in [0.2, 0.25) is 5.91 Å². The lowest BCUT2D eigenvalue weighted by molar-refractivity contribution is -0.384. The third kappa shape index (κ3) is 8.78. The highest BCUT2D eigenvalue weighted by Gasteiger charge is 2.36. The highest BCUT2D eigenvalue weighted by Crippen LogP contribution is 2.41. The molecule has 1 atom stereocenters. The average molecular weight is 715 g/mol. The fourth-order valence-corrected chi connectivity index (χ4v) is 6.75. The molecule has 0 N–H and O–H groups in total. The first-order chi connectivity index (χ1) is 24.5. The van der Waals surface area contributed by atoms with E-state index in [1.807, 2.05) is 67.8 Å². The second-order valence-electron chi connectivity index (χ2n) is 12.3. The third-order valence-electron chi connectivity index (χ3n) is 9.09. The summed E-state index contributed by atoms with van der Waals surface area (Å²) in [5.74, 6) is 2.51. The molecular formula is C37H45F3N4O7. The van der Waals surface area contributed by atoms with Crippen LogP contribution in [0.25, 0.3) is 0 Å². The van der Waals surface area contributed by atoms with Crippen LogP contribution in [-0.4, -0.2) is 86.3 Å². The van der Waals surface area contributed by atoms with Crippen molar-refractivity contribution in [1.29, 1.82) is 0 Å². The van der Waals surface area contributed by atoms with Crippen LogP contribution in [0.15, 0.2) is 48.5 Å². The number of alkyl halides is 3. The zero-order valence-corrected chi connectivity index (χ0v) is 29.5. The Kier molecular flexibility index (Phi) is 12.2. The number of nitro benzene ring substituents is 1. The lowest BCUT2D eigenvalue weighted by atomic mass is 9.88. The maximum Gasteiger partial charge on any atom is 0.416 e. The monoisotopic (exact) mass is 714 g/mol. The molecule has 2 heterocycles. The van der Waals surface area contributed by atoms with Crippen molar-refractivity contribution in [3.05, 3.63) is 80.9 Å². The Morgan fingerprint density at radius 1 is 0.804 bits per heavy atom. The standard InChI is InChI=1S/C37H45F3N4O7/c1-5-48-32-12-9-25(20-33(32)49-6-2)19-30-28-23-35(51-8-4)34(50-7-3)21-26(28)13-14-43(30)36(45)24-41-15-17-42(18-16-41)29-11-10-27(37(38,39)40)22-31(29)44(46)47/h9-12,20-23,30H,5-8,13-19,24H2,1-4H3. The molecule has 0 spiro atoms. The Bertz CT molecular complexity index is 1700. The van der Waals surface area contributed by atoms with E-state index in [0.717, 1.165) is 28.8 Å². The van der Waals surface area contributed by atoms with Gasteiger partial charge in [0.15, 0.2) is 23.0 Å². The highest BCUT2D eigenvalue weighted by atomic mass is 19.4. The minimum atomic E-state index is -4.69. The Labute approximate surface area is 296 Å². The van der Waals surface area contributed by atoms with Crippen LogP contribution in [0, 0.1) is 10.1 Å². The number of ether oxygens (including phenoxy) is 4. The summed E-state index contributed by atoms with van der Waals surface area (Å²) in [6, 6.07) is 12.1. The molecule has 5 rings (SSSR count). The SMILES string of the molecule is CCOc1ccc(CC2c3cc(OCC)c(OCC)cc3CCN2C(=O)CN2CCN(c3ccc(C(F)(F)F)cc3[N+](=O)[O-])CC2)cc1OCC. The van der Waals surface area contributed by atoms with E-state index in [2.05, 4.69) is 0 Å². The summed E-state index contributed by atoms with van der Waals surface area (Å²) < 4.78 is 63.3. The summed E-state index contributed by atoms with van der Waals surface area (Å²) in [6.07, 6.45) is -3.55. The predicted octanol–water partition coefficient (Wildman–Crippen LogP) is 6.70. The summed E-state index contributed by atoms with van der Waals surface area (Å²) in [5.41, 5.74) is 1.50. The van der Waals surface area contributed by atoms with E-state index in [1.54, 1.807) is 4.90 Å². The summed E-state index contributed by atoms with van der Waals surface area (Å²) in [6.45, 7) is 11.6. The molecule has 11 nitrogen and oxygen atoms in total. The fraction of sp³-hybridized carbons (Fsp3) is 0.486. The fourth-order valence-electron chi connectivity index (χ4n) is 6.75. The first-order valence-corrected chi connectivity index (χ1v) is 17.4. The van der Waals surface area contributed by atoms with Crippen LogP contribution in [-0.2, 0) is 23.8 Å². The van der Waals surface area contributed by atoms with E-state index in [9.17, 15) is 28.1 Å². The molecule has 1 amide bonds. The van der Waals surface area contributed by atoms with E-state index >= 15 is 0 Å². The lowest BCUT2D eigenvalue weighted by Crippen LogP contribution is -2.51. The number of halogens is 3. The molecular weight excluding hydrogens is 669 g/mol. The van der Waals surface area contributed by atoms with Crippen molar-refractivity contribution < 1.29 is 41.8 Å². The molecule has 2 aliphatic rings. The Morgan fingerprint density at radius 2 is 1.41 bits per heavy atom. The van der Waals surface area contributed by atoms with Gasteiger partial charge < -0.3 is 28.7 Å². The number of hydrogen-bond donors (Lipinski definition) is 0. The van der Waals surface area contributed by atoms with E-state index in [4.69, 9.17) is 18.9 Å². The molecule has 0 aliphatic carbocycles.